The maximum atomic E-state index is 2.31. The first-order valence-electron chi connectivity index (χ1n) is 7.30. The second kappa shape index (κ2) is 4.75. The Kier molecular flexibility index (Phi) is 2.75. The van der Waals surface area contributed by atoms with Gasteiger partial charge in [-0.05, 0) is 57.3 Å². The summed E-state index contributed by atoms with van der Waals surface area (Å²) in [7, 11) is 0. The van der Waals surface area contributed by atoms with Crippen molar-refractivity contribution in [3.63, 3.8) is 0 Å². The normalized spacial score (nSPS) is 11.1. The molecule has 4 aromatic carbocycles. The minimum absolute atomic E-state index is 1.28. The van der Waals surface area contributed by atoms with Crippen LogP contribution < -0.4 is 0 Å². The van der Waals surface area contributed by atoms with Crippen molar-refractivity contribution < 1.29 is 0 Å². The van der Waals surface area contributed by atoms with Crippen molar-refractivity contribution in [3.05, 3.63) is 84.4 Å². The first kappa shape index (κ1) is 12.2. The van der Waals surface area contributed by atoms with Gasteiger partial charge in [-0.1, -0.05) is 66.7 Å². The van der Waals surface area contributed by atoms with Gasteiger partial charge in [-0.3, -0.25) is 0 Å². The third-order valence-electron chi connectivity index (χ3n) is 4.24. The van der Waals surface area contributed by atoms with Crippen LogP contribution in [0, 0.1) is 6.92 Å². The molecule has 0 saturated carbocycles. The zero-order valence-corrected chi connectivity index (χ0v) is 12.0. The minimum Gasteiger partial charge on any atom is -0.0622 e. The van der Waals surface area contributed by atoms with Gasteiger partial charge in [-0.25, -0.2) is 0 Å². The van der Waals surface area contributed by atoms with Crippen molar-refractivity contribution in [1.29, 1.82) is 0 Å². The number of hydrogen-bond donors (Lipinski definition) is 0. The molecule has 0 unspecified atom stereocenters. The fourth-order valence-electron chi connectivity index (χ4n) is 3.09. The van der Waals surface area contributed by atoms with E-state index in [0.717, 1.165) is 0 Å². The summed E-state index contributed by atoms with van der Waals surface area (Å²) in [5, 5.41) is 5.26. The highest BCUT2D eigenvalue weighted by Crippen LogP contribution is 2.32. The molecule has 0 heteroatoms. The Balaban J connectivity index is 2.04. The van der Waals surface area contributed by atoms with Crippen LogP contribution in [-0.2, 0) is 0 Å². The van der Waals surface area contributed by atoms with E-state index in [2.05, 4.69) is 85.8 Å². The molecule has 0 radical (unpaired) electrons. The topological polar surface area (TPSA) is 0 Å². The number of benzene rings is 4. The lowest BCUT2D eigenvalue weighted by Gasteiger charge is -2.11. The molecule has 0 aromatic heterocycles. The quantitative estimate of drug-likeness (QED) is 0.373. The molecular formula is C21H16. The van der Waals surface area contributed by atoms with Gasteiger partial charge in [0.25, 0.3) is 0 Å². The van der Waals surface area contributed by atoms with Crippen molar-refractivity contribution >= 4 is 21.5 Å². The van der Waals surface area contributed by atoms with Crippen molar-refractivity contribution in [2.75, 3.05) is 0 Å². The van der Waals surface area contributed by atoms with E-state index >= 15 is 0 Å². The van der Waals surface area contributed by atoms with E-state index < -0.39 is 0 Å². The van der Waals surface area contributed by atoms with Crippen LogP contribution in [0.15, 0.2) is 78.9 Å². The molecule has 0 saturated heterocycles. The second-order valence-electron chi connectivity index (χ2n) is 5.52. The molecular weight excluding hydrogens is 252 g/mol. The van der Waals surface area contributed by atoms with E-state index in [0.29, 0.717) is 0 Å². The lowest BCUT2D eigenvalue weighted by atomic mass is 9.93. The van der Waals surface area contributed by atoms with Gasteiger partial charge in [0.1, 0.15) is 0 Å². The molecule has 0 fully saturated rings. The van der Waals surface area contributed by atoms with Crippen LogP contribution in [0.4, 0.5) is 0 Å². The smallest absolute Gasteiger partial charge is 0.0142 e. The third-order valence-corrected chi connectivity index (χ3v) is 4.24. The van der Waals surface area contributed by atoms with Crippen LogP contribution in [0.5, 0.6) is 0 Å². The largest absolute Gasteiger partial charge is 0.0622 e. The highest BCUT2D eigenvalue weighted by atomic mass is 14.1. The minimum atomic E-state index is 1.28. The summed E-state index contributed by atoms with van der Waals surface area (Å²) >= 11 is 0. The maximum absolute atomic E-state index is 2.31. The molecule has 0 bridgehead atoms. The molecule has 0 N–H and O–H groups in total. The third kappa shape index (κ3) is 2.00. The van der Waals surface area contributed by atoms with E-state index in [4.69, 9.17) is 0 Å². The second-order valence-corrected chi connectivity index (χ2v) is 5.52. The van der Waals surface area contributed by atoms with Crippen LogP contribution in [0.1, 0.15) is 5.56 Å². The molecule has 0 atom stereocenters. The Morgan fingerprint density at radius 3 is 2.00 bits per heavy atom. The standard InChI is InChI=1S/C21H16/c1-15-20(16-7-3-2-4-8-16)12-11-19-13-17-9-5-6-10-18(17)14-21(15)19/h2-14H,1H3. The SMILES string of the molecule is Cc1c(-c2ccccc2)ccc2cc3ccccc3cc12. The van der Waals surface area contributed by atoms with Crippen LogP contribution in [-0.4, -0.2) is 0 Å². The van der Waals surface area contributed by atoms with Gasteiger partial charge in [-0.2, -0.15) is 0 Å². The Bertz CT molecular complexity index is 934. The van der Waals surface area contributed by atoms with E-state index in [1.165, 1.54) is 38.2 Å². The Hall–Kier alpha value is -2.60. The average Bonchev–Trinajstić information content (AvgIpc) is 2.55. The molecule has 0 nitrogen and oxygen atoms in total. The summed E-state index contributed by atoms with van der Waals surface area (Å²) in [6.07, 6.45) is 0. The summed E-state index contributed by atoms with van der Waals surface area (Å²) in [6.45, 7) is 2.22. The summed E-state index contributed by atoms with van der Waals surface area (Å²) in [4.78, 5) is 0. The van der Waals surface area contributed by atoms with Crippen LogP contribution in [0.25, 0.3) is 32.7 Å². The Labute approximate surface area is 124 Å². The van der Waals surface area contributed by atoms with Gasteiger partial charge in [0.05, 0.1) is 0 Å². The number of rotatable bonds is 1. The first-order chi connectivity index (χ1) is 10.3. The van der Waals surface area contributed by atoms with E-state index in [1.54, 1.807) is 0 Å². The van der Waals surface area contributed by atoms with E-state index in [-0.39, 0.29) is 0 Å². The summed E-state index contributed by atoms with van der Waals surface area (Å²) in [5.74, 6) is 0. The van der Waals surface area contributed by atoms with Gasteiger partial charge >= 0.3 is 0 Å². The van der Waals surface area contributed by atoms with Gasteiger partial charge in [0, 0.05) is 0 Å². The van der Waals surface area contributed by atoms with Crippen LogP contribution in [0.3, 0.4) is 0 Å². The van der Waals surface area contributed by atoms with Crippen molar-refractivity contribution in [2.45, 2.75) is 6.92 Å². The fourth-order valence-corrected chi connectivity index (χ4v) is 3.09. The molecule has 0 aliphatic carbocycles. The molecule has 4 aromatic rings. The van der Waals surface area contributed by atoms with Crippen LogP contribution >= 0.6 is 0 Å². The summed E-state index contributed by atoms with van der Waals surface area (Å²) in [6, 6.07) is 28.2. The van der Waals surface area contributed by atoms with Gasteiger partial charge in [0.2, 0.25) is 0 Å². The Morgan fingerprint density at radius 1 is 0.571 bits per heavy atom. The molecule has 0 heterocycles. The predicted octanol–water partition coefficient (Wildman–Crippen LogP) is 5.97. The fraction of sp³-hybridized carbons (Fsp3) is 0.0476. The average molecular weight is 268 g/mol. The van der Waals surface area contributed by atoms with Gasteiger partial charge in [0.15, 0.2) is 0 Å². The Morgan fingerprint density at radius 2 is 1.24 bits per heavy atom. The lowest BCUT2D eigenvalue weighted by Crippen LogP contribution is -1.86. The van der Waals surface area contributed by atoms with Crippen LogP contribution in [0.2, 0.25) is 0 Å². The van der Waals surface area contributed by atoms with Crippen molar-refractivity contribution in [1.82, 2.24) is 0 Å². The molecule has 0 amide bonds. The molecule has 0 aliphatic heterocycles. The summed E-state index contributed by atoms with van der Waals surface area (Å²) < 4.78 is 0. The zero-order valence-electron chi connectivity index (χ0n) is 12.0. The lowest BCUT2D eigenvalue weighted by molar-refractivity contribution is 1.51. The highest BCUT2D eigenvalue weighted by molar-refractivity contribution is 6.01. The monoisotopic (exact) mass is 268 g/mol. The highest BCUT2D eigenvalue weighted by Gasteiger charge is 2.06. The first-order valence-corrected chi connectivity index (χ1v) is 7.30. The molecule has 0 aliphatic rings. The zero-order chi connectivity index (χ0) is 14.2. The van der Waals surface area contributed by atoms with Crippen molar-refractivity contribution in [3.8, 4) is 11.1 Å². The number of hydrogen-bond acceptors (Lipinski definition) is 0. The predicted molar refractivity (Wildman–Crippen MR) is 91.6 cm³/mol. The van der Waals surface area contributed by atoms with Gasteiger partial charge in [-0.15, -0.1) is 0 Å². The van der Waals surface area contributed by atoms with Gasteiger partial charge < -0.3 is 0 Å². The maximum Gasteiger partial charge on any atom is -0.0142 e. The molecule has 4 rings (SSSR count). The molecule has 0 spiro atoms. The van der Waals surface area contributed by atoms with Crippen molar-refractivity contribution in [2.24, 2.45) is 0 Å². The number of aryl methyl sites for hydroxylation is 1. The van der Waals surface area contributed by atoms with E-state index in [1.807, 2.05) is 0 Å². The summed E-state index contributed by atoms with van der Waals surface area (Å²) in [5.41, 5.74) is 3.95. The number of fused-ring (bicyclic) bond motifs is 2. The molecule has 100 valence electrons. The van der Waals surface area contributed by atoms with E-state index in [9.17, 15) is 0 Å². The molecule has 21 heavy (non-hydrogen) atoms.